The van der Waals surface area contributed by atoms with Crippen molar-refractivity contribution >= 4 is 23.5 Å². The Labute approximate surface area is 190 Å². The van der Waals surface area contributed by atoms with Gasteiger partial charge in [0.15, 0.2) is 6.61 Å². The number of aliphatic hydroxyl groups is 1. The number of amides is 1. The van der Waals surface area contributed by atoms with Gasteiger partial charge in [0, 0.05) is 41.5 Å². The van der Waals surface area contributed by atoms with E-state index >= 15 is 0 Å². The van der Waals surface area contributed by atoms with Crippen molar-refractivity contribution in [3.63, 3.8) is 0 Å². The number of aliphatic carboxylic acids is 1. The first-order valence-electron chi connectivity index (χ1n) is 10.2. The summed E-state index contributed by atoms with van der Waals surface area (Å²) in [7, 11) is 0. The zero-order valence-corrected chi connectivity index (χ0v) is 18.3. The van der Waals surface area contributed by atoms with Gasteiger partial charge >= 0.3 is 5.97 Å². The number of aliphatic hydroxyl groups excluding tert-OH is 1. The van der Waals surface area contributed by atoms with Gasteiger partial charge in [0.2, 0.25) is 5.91 Å². The summed E-state index contributed by atoms with van der Waals surface area (Å²) in [5.74, 6) is -2.01. The minimum absolute atomic E-state index is 0.0353. The van der Waals surface area contributed by atoms with E-state index in [2.05, 4.69) is 5.32 Å². The highest BCUT2D eigenvalue weighted by Gasteiger charge is 2.41. The quantitative estimate of drug-likeness (QED) is 0.547. The van der Waals surface area contributed by atoms with Crippen LogP contribution in [0, 0.1) is 5.82 Å². The lowest BCUT2D eigenvalue weighted by Gasteiger charge is -2.43. The summed E-state index contributed by atoms with van der Waals surface area (Å²) in [6, 6.07) is 11.0. The Morgan fingerprint density at radius 2 is 2.00 bits per heavy atom. The highest BCUT2D eigenvalue weighted by molar-refractivity contribution is 6.30. The summed E-state index contributed by atoms with van der Waals surface area (Å²) >= 11 is 6.16. The Hall–Kier alpha value is -2.68. The maximum absolute atomic E-state index is 13.9. The molecule has 1 amide bonds. The third-order valence-corrected chi connectivity index (χ3v) is 5.51. The number of carbonyl (C=O) groups is 2. The molecule has 0 radical (unpaired) electrons. The SMILES string of the molecule is C[C@]1(NC(=O)CCO)C[C@@H](c2cccc(Cl)c2)O[C@@H](c2ccc(F)cc2OCC(=O)O)C1. The molecule has 1 heterocycles. The largest absolute Gasteiger partial charge is 0.481 e. The van der Waals surface area contributed by atoms with Crippen LogP contribution in [-0.2, 0) is 14.3 Å². The van der Waals surface area contributed by atoms with Crippen LogP contribution < -0.4 is 10.1 Å². The number of rotatable bonds is 8. The molecule has 9 heteroatoms. The fraction of sp³-hybridized carbons (Fsp3) is 0.391. The zero-order valence-electron chi connectivity index (χ0n) is 17.5. The summed E-state index contributed by atoms with van der Waals surface area (Å²) < 4.78 is 25.5. The second kappa shape index (κ2) is 10.3. The van der Waals surface area contributed by atoms with E-state index < -0.39 is 36.1 Å². The van der Waals surface area contributed by atoms with Crippen LogP contribution in [-0.4, -0.2) is 40.8 Å². The Morgan fingerprint density at radius 3 is 2.69 bits per heavy atom. The third-order valence-electron chi connectivity index (χ3n) is 5.27. The molecule has 2 aromatic carbocycles. The molecule has 32 heavy (non-hydrogen) atoms. The Morgan fingerprint density at radius 1 is 1.25 bits per heavy atom. The van der Waals surface area contributed by atoms with Gasteiger partial charge in [-0.05, 0) is 36.8 Å². The molecule has 1 aliphatic heterocycles. The summed E-state index contributed by atoms with van der Waals surface area (Å²) in [5, 5.41) is 21.6. The Balaban J connectivity index is 1.97. The predicted molar refractivity (Wildman–Crippen MR) is 115 cm³/mol. The van der Waals surface area contributed by atoms with Gasteiger partial charge in [-0.1, -0.05) is 23.7 Å². The van der Waals surface area contributed by atoms with E-state index in [0.29, 0.717) is 23.4 Å². The van der Waals surface area contributed by atoms with Crippen molar-refractivity contribution in [1.82, 2.24) is 5.32 Å². The first-order chi connectivity index (χ1) is 15.2. The van der Waals surface area contributed by atoms with E-state index in [4.69, 9.17) is 31.3 Å². The summed E-state index contributed by atoms with van der Waals surface area (Å²) in [5.41, 5.74) is 0.558. The smallest absolute Gasteiger partial charge is 0.341 e. The molecule has 0 aromatic heterocycles. The molecule has 172 valence electrons. The van der Waals surface area contributed by atoms with Gasteiger partial charge in [-0.2, -0.15) is 0 Å². The van der Waals surface area contributed by atoms with Gasteiger partial charge in [0.25, 0.3) is 0 Å². The fourth-order valence-corrected chi connectivity index (χ4v) is 4.12. The van der Waals surface area contributed by atoms with E-state index in [9.17, 15) is 14.0 Å². The molecule has 2 aromatic rings. The lowest BCUT2D eigenvalue weighted by atomic mass is 9.81. The maximum Gasteiger partial charge on any atom is 0.341 e. The monoisotopic (exact) mass is 465 g/mol. The van der Waals surface area contributed by atoms with Crippen LogP contribution in [0.25, 0.3) is 0 Å². The molecule has 1 saturated heterocycles. The van der Waals surface area contributed by atoms with Crippen molar-refractivity contribution in [2.24, 2.45) is 0 Å². The maximum atomic E-state index is 13.9. The highest BCUT2D eigenvalue weighted by atomic mass is 35.5. The van der Waals surface area contributed by atoms with Gasteiger partial charge in [-0.25, -0.2) is 9.18 Å². The Kier molecular flexibility index (Phi) is 7.71. The van der Waals surface area contributed by atoms with E-state index in [1.54, 1.807) is 18.2 Å². The van der Waals surface area contributed by atoms with Gasteiger partial charge in [0.1, 0.15) is 11.6 Å². The second-order valence-electron chi connectivity index (χ2n) is 8.02. The topological polar surface area (TPSA) is 105 Å². The van der Waals surface area contributed by atoms with Crippen molar-refractivity contribution in [3.8, 4) is 5.75 Å². The van der Waals surface area contributed by atoms with Gasteiger partial charge in [-0.15, -0.1) is 0 Å². The molecule has 3 atom stereocenters. The number of ether oxygens (including phenoxy) is 2. The van der Waals surface area contributed by atoms with Crippen molar-refractivity contribution in [2.75, 3.05) is 13.2 Å². The zero-order chi connectivity index (χ0) is 23.3. The highest BCUT2D eigenvalue weighted by Crippen LogP contribution is 2.46. The van der Waals surface area contributed by atoms with Crippen LogP contribution in [0.3, 0.4) is 0 Å². The lowest BCUT2D eigenvalue weighted by Crippen LogP contribution is -2.51. The molecule has 7 nitrogen and oxygen atoms in total. The van der Waals surface area contributed by atoms with Gasteiger partial charge < -0.3 is 25.0 Å². The van der Waals surface area contributed by atoms with Crippen LogP contribution in [0.1, 0.15) is 49.5 Å². The van der Waals surface area contributed by atoms with Crippen molar-refractivity contribution in [3.05, 3.63) is 64.4 Å². The molecular weight excluding hydrogens is 441 g/mol. The number of carboxylic acids is 1. The second-order valence-corrected chi connectivity index (χ2v) is 8.46. The van der Waals surface area contributed by atoms with Crippen molar-refractivity contribution in [1.29, 1.82) is 0 Å². The molecule has 0 saturated carbocycles. The molecular formula is C23H25ClFNO6. The lowest BCUT2D eigenvalue weighted by molar-refractivity contribution is -0.139. The van der Waals surface area contributed by atoms with Gasteiger partial charge in [-0.3, -0.25) is 4.79 Å². The molecule has 3 rings (SSSR count). The van der Waals surface area contributed by atoms with Crippen LogP contribution in [0.15, 0.2) is 42.5 Å². The number of carbonyl (C=O) groups excluding carboxylic acids is 1. The average molecular weight is 466 g/mol. The number of hydrogen-bond acceptors (Lipinski definition) is 5. The van der Waals surface area contributed by atoms with Crippen molar-refractivity contribution in [2.45, 2.75) is 43.9 Å². The first kappa shape index (κ1) is 24.0. The number of nitrogens with one attached hydrogen (secondary N) is 1. The summed E-state index contributed by atoms with van der Waals surface area (Å²) in [6.07, 6.45) is -0.350. The third kappa shape index (κ3) is 6.18. The number of halogens is 2. The predicted octanol–water partition coefficient (Wildman–Crippen LogP) is 3.79. The first-order valence-corrected chi connectivity index (χ1v) is 10.5. The van der Waals surface area contributed by atoms with Gasteiger partial charge in [0.05, 0.1) is 18.8 Å². The number of carboxylic acid groups (broad SMARTS) is 1. The minimum atomic E-state index is -1.19. The minimum Gasteiger partial charge on any atom is -0.481 e. The normalized spacial score (nSPS) is 22.9. The molecule has 0 spiro atoms. The van der Waals surface area contributed by atoms with E-state index in [0.717, 1.165) is 11.6 Å². The van der Waals surface area contributed by atoms with E-state index in [-0.39, 0.29) is 24.7 Å². The average Bonchev–Trinajstić information content (AvgIpc) is 2.71. The molecule has 0 unspecified atom stereocenters. The summed E-state index contributed by atoms with van der Waals surface area (Å²) in [4.78, 5) is 23.2. The Bertz CT molecular complexity index is 987. The van der Waals surface area contributed by atoms with Crippen LogP contribution in [0.4, 0.5) is 4.39 Å². The van der Waals surface area contributed by atoms with Crippen LogP contribution in [0.5, 0.6) is 5.75 Å². The van der Waals surface area contributed by atoms with E-state index in [1.165, 1.54) is 12.1 Å². The molecule has 0 aliphatic carbocycles. The standard InChI is InChI=1S/C23H25ClFNO6/c1-23(26-21(28)7-8-27)11-19(14-3-2-4-15(24)9-14)32-20(12-23)17-6-5-16(25)10-18(17)31-13-22(29)30/h2-6,9-10,19-20,27H,7-8,11-13H2,1H3,(H,26,28)(H,29,30)/t19-,20+,23-/m0/s1. The van der Waals surface area contributed by atoms with Crippen molar-refractivity contribution < 1.29 is 33.7 Å². The van der Waals surface area contributed by atoms with E-state index in [1.807, 2.05) is 13.0 Å². The molecule has 1 fully saturated rings. The summed E-state index contributed by atoms with van der Waals surface area (Å²) in [6.45, 7) is 0.965. The van der Waals surface area contributed by atoms with Crippen LogP contribution >= 0.6 is 11.6 Å². The number of hydrogen-bond donors (Lipinski definition) is 3. The molecule has 1 aliphatic rings. The van der Waals surface area contributed by atoms with Crippen LogP contribution in [0.2, 0.25) is 5.02 Å². The number of benzene rings is 2. The molecule has 3 N–H and O–H groups in total. The molecule has 0 bridgehead atoms. The fourth-order valence-electron chi connectivity index (χ4n) is 3.92.